The third kappa shape index (κ3) is 3.25. The van der Waals surface area contributed by atoms with Crippen molar-refractivity contribution >= 4 is 28.1 Å². The molecule has 2 aromatic rings. The number of halogens is 1. The maximum atomic E-state index is 11.6. The van der Waals surface area contributed by atoms with Crippen LogP contribution >= 0.6 is 15.9 Å². The summed E-state index contributed by atoms with van der Waals surface area (Å²) in [6.45, 7) is 0. The lowest BCUT2D eigenvalue weighted by molar-refractivity contribution is 0.0951. The molecule has 6 heteroatoms. The van der Waals surface area contributed by atoms with Crippen molar-refractivity contribution in [1.29, 1.82) is 0 Å². The summed E-state index contributed by atoms with van der Waals surface area (Å²) in [7, 11) is 0. The zero-order valence-corrected chi connectivity index (χ0v) is 10.3. The van der Waals surface area contributed by atoms with E-state index in [1.807, 2.05) is 0 Å². The number of aromatic nitrogens is 2. The van der Waals surface area contributed by atoms with E-state index in [4.69, 9.17) is 0 Å². The molecule has 0 unspecified atom stereocenters. The first kappa shape index (κ1) is 11.5. The second-order valence-corrected chi connectivity index (χ2v) is 4.13. The molecule has 0 atom stereocenters. The van der Waals surface area contributed by atoms with Crippen molar-refractivity contribution in [3.05, 3.63) is 52.5 Å². The van der Waals surface area contributed by atoms with Gasteiger partial charge in [0.15, 0.2) is 0 Å². The Morgan fingerprint density at radius 3 is 2.88 bits per heavy atom. The number of nitrogens with zero attached hydrogens (tertiary/aromatic N) is 2. The van der Waals surface area contributed by atoms with Crippen LogP contribution in [-0.4, -0.2) is 22.1 Å². The van der Waals surface area contributed by atoms with Crippen LogP contribution in [0, 0.1) is 0 Å². The predicted molar refractivity (Wildman–Crippen MR) is 67.8 cm³/mol. The highest BCUT2D eigenvalue weighted by molar-refractivity contribution is 9.10. The summed E-state index contributed by atoms with van der Waals surface area (Å²) in [4.78, 5) is 18.2. The number of aromatic amines is 1. The Labute approximate surface area is 106 Å². The number of hydrogen-bond donors (Lipinski definition) is 2. The molecule has 0 aliphatic carbocycles. The average molecular weight is 293 g/mol. The summed E-state index contributed by atoms with van der Waals surface area (Å²) < 4.78 is 0.820. The van der Waals surface area contributed by atoms with Crippen LogP contribution in [0.2, 0.25) is 0 Å². The number of H-pyrrole nitrogens is 1. The minimum atomic E-state index is -0.291. The smallest absolute Gasteiger partial charge is 0.287 e. The summed E-state index contributed by atoms with van der Waals surface area (Å²) in [5.74, 6) is -0.291. The van der Waals surface area contributed by atoms with Crippen LogP contribution in [0.3, 0.4) is 0 Å². The molecule has 0 aliphatic rings. The van der Waals surface area contributed by atoms with Crippen LogP contribution in [0.15, 0.2) is 46.4 Å². The van der Waals surface area contributed by atoms with E-state index >= 15 is 0 Å². The normalized spacial score (nSPS) is 10.6. The molecule has 0 fully saturated rings. The Morgan fingerprint density at radius 1 is 1.47 bits per heavy atom. The number of nitrogens with one attached hydrogen (secondary N) is 2. The topological polar surface area (TPSA) is 70.1 Å². The monoisotopic (exact) mass is 292 g/mol. The minimum Gasteiger partial charge on any atom is -0.356 e. The molecule has 0 aromatic carbocycles. The Bertz CT molecular complexity index is 535. The number of hydrogen-bond acceptors (Lipinski definition) is 3. The number of pyridine rings is 1. The third-order valence-corrected chi connectivity index (χ3v) is 2.44. The van der Waals surface area contributed by atoms with E-state index in [-0.39, 0.29) is 5.91 Å². The van der Waals surface area contributed by atoms with E-state index in [1.54, 1.807) is 43.0 Å². The van der Waals surface area contributed by atoms with Crippen molar-refractivity contribution in [2.24, 2.45) is 5.10 Å². The summed E-state index contributed by atoms with van der Waals surface area (Å²) in [5.41, 5.74) is 3.74. The highest BCUT2D eigenvalue weighted by atomic mass is 79.9. The first-order valence-corrected chi connectivity index (χ1v) is 5.62. The number of rotatable bonds is 3. The van der Waals surface area contributed by atoms with Gasteiger partial charge in [-0.3, -0.25) is 9.78 Å². The van der Waals surface area contributed by atoms with Crippen molar-refractivity contribution in [3.8, 4) is 0 Å². The molecule has 86 valence electrons. The molecule has 17 heavy (non-hydrogen) atoms. The number of carbonyl (C=O) groups is 1. The molecule has 0 saturated heterocycles. The highest BCUT2D eigenvalue weighted by Crippen LogP contribution is 2.10. The van der Waals surface area contributed by atoms with E-state index in [0.717, 1.165) is 10.0 Å². The predicted octanol–water partition coefficient (Wildman–Crippen LogP) is 1.94. The fourth-order valence-corrected chi connectivity index (χ4v) is 1.52. The largest absolute Gasteiger partial charge is 0.356 e. The van der Waals surface area contributed by atoms with Crippen LogP contribution in [0.1, 0.15) is 16.1 Å². The fourth-order valence-electron chi connectivity index (χ4n) is 1.17. The molecule has 5 nitrogen and oxygen atoms in total. The van der Waals surface area contributed by atoms with E-state index in [0.29, 0.717) is 5.69 Å². The lowest BCUT2D eigenvalue weighted by atomic mass is 10.3. The summed E-state index contributed by atoms with van der Waals surface area (Å²) in [6, 6.07) is 5.26. The molecule has 2 heterocycles. The maximum Gasteiger partial charge on any atom is 0.287 e. The second kappa shape index (κ2) is 5.40. The van der Waals surface area contributed by atoms with Crippen molar-refractivity contribution in [2.45, 2.75) is 0 Å². The van der Waals surface area contributed by atoms with Crippen molar-refractivity contribution in [2.75, 3.05) is 0 Å². The van der Waals surface area contributed by atoms with Gasteiger partial charge in [0.25, 0.3) is 5.91 Å². The van der Waals surface area contributed by atoms with Gasteiger partial charge in [-0.1, -0.05) is 0 Å². The molecule has 0 radical (unpaired) electrons. The quantitative estimate of drug-likeness (QED) is 0.670. The lowest BCUT2D eigenvalue weighted by Crippen LogP contribution is -2.17. The van der Waals surface area contributed by atoms with Gasteiger partial charge in [-0.15, -0.1) is 0 Å². The number of amides is 1. The van der Waals surface area contributed by atoms with E-state index in [2.05, 4.69) is 36.4 Å². The maximum absolute atomic E-state index is 11.6. The molecule has 2 N–H and O–H groups in total. The molecule has 2 rings (SSSR count). The number of carbonyl (C=O) groups excluding carboxylic acids is 1. The van der Waals surface area contributed by atoms with Gasteiger partial charge in [0.2, 0.25) is 0 Å². The molecule has 0 spiro atoms. The molecule has 1 amide bonds. The Morgan fingerprint density at radius 2 is 2.24 bits per heavy atom. The summed E-state index contributed by atoms with van der Waals surface area (Å²) in [5, 5.41) is 3.84. The Kier molecular flexibility index (Phi) is 3.66. The van der Waals surface area contributed by atoms with Crippen LogP contribution < -0.4 is 5.43 Å². The molecular weight excluding hydrogens is 284 g/mol. The van der Waals surface area contributed by atoms with Gasteiger partial charge in [0.05, 0.1) is 6.21 Å². The standard InChI is InChI=1S/C11H9BrN4O/c12-9-5-10(14-7-9)11(17)16-15-6-8-1-3-13-4-2-8/h1-7,14H,(H,16,17)/b15-6-. The van der Waals surface area contributed by atoms with E-state index in [1.165, 1.54) is 0 Å². The van der Waals surface area contributed by atoms with Crippen molar-refractivity contribution < 1.29 is 4.79 Å². The van der Waals surface area contributed by atoms with Crippen LogP contribution in [-0.2, 0) is 0 Å². The van der Waals surface area contributed by atoms with Crippen molar-refractivity contribution in [3.63, 3.8) is 0 Å². The summed E-state index contributed by atoms with van der Waals surface area (Å²) >= 11 is 3.25. The average Bonchev–Trinajstić information content (AvgIpc) is 2.77. The Balaban J connectivity index is 1.95. The minimum absolute atomic E-state index is 0.291. The second-order valence-electron chi connectivity index (χ2n) is 3.21. The fraction of sp³-hybridized carbons (Fsp3) is 0. The van der Waals surface area contributed by atoms with Gasteiger partial charge in [0, 0.05) is 23.1 Å². The Hall–Kier alpha value is -1.95. The molecule has 0 aliphatic heterocycles. The lowest BCUT2D eigenvalue weighted by Gasteiger charge is -1.95. The van der Waals surface area contributed by atoms with Gasteiger partial charge in [-0.25, -0.2) is 5.43 Å². The van der Waals surface area contributed by atoms with Crippen molar-refractivity contribution in [1.82, 2.24) is 15.4 Å². The number of hydrazone groups is 1. The SMILES string of the molecule is O=C(N/N=C\c1ccncc1)c1cc(Br)c[nH]1. The highest BCUT2D eigenvalue weighted by Gasteiger charge is 2.05. The first-order chi connectivity index (χ1) is 8.25. The zero-order valence-electron chi connectivity index (χ0n) is 8.72. The van der Waals surface area contributed by atoms with E-state index in [9.17, 15) is 4.79 Å². The van der Waals surface area contributed by atoms with Gasteiger partial charge in [-0.05, 0) is 39.7 Å². The molecule has 0 bridgehead atoms. The van der Waals surface area contributed by atoms with Crippen LogP contribution in [0.5, 0.6) is 0 Å². The molecular formula is C11H9BrN4O. The summed E-state index contributed by atoms with van der Waals surface area (Å²) in [6.07, 6.45) is 6.55. The van der Waals surface area contributed by atoms with Gasteiger partial charge >= 0.3 is 0 Å². The van der Waals surface area contributed by atoms with Crippen LogP contribution in [0.25, 0.3) is 0 Å². The molecule has 0 saturated carbocycles. The van der Waals surface area contributed by atoms with Gasteiger partial charge < -0.3 is 4.98 Å². The first-order valence-electron chi connectivity index (χ1n) is 4.83. The van der Waals surface area contributed by atoms with Gasteiger partial charge in [-0.2, -0.15) is 5.10 Å². The molecule has 2 aromatic heterocycles. The zero-order chi connectivity index (χ0) is 12.1. The van der Waals surface area contributed by atoms with Crippen LogP contribution in [0.4, 0.5) is 0 Å². The van der Waals surface area contributed by atoms with E-state index < -0.39 is 0 Å². The van der Waals surface area contributed by atoms with Gasteiger partial charge in [0.1, 0.15) is 5.69 Å². The third-order valence-electron chi connectivity index (χ3n) is 1.98.